The lowest BCUT2D eigenvalue weighted by molar-refractivity contribution is -0.0536. The SMILES string of the molecule is CC1CC(C)C(C(C)(C)C)C(O)C1.CC1CC(C)C(O)C(C(C)(C)C)C1.CC1CC(O)C(C(C)(C)C)CC1C.CC1CC(O)C(C)C(C(C)(C)C)C1.CC1CCC(C(C)(C)C)C(O)C1C.CC1CCC(C)C(C(C)(C)C)C1O.CC1CCC(O)C(C(C)(C)C)C1C.CC1CCC(O)C(C)C1C(C)(C)C. The van der Waals surface area contributed by atoms with Crippen molar-refractivity contribution < 1.29 is 40.9 Å². The molecule has 8 heteroatoms. The van der Waals surface area contributed by atoms with Gasteiger partial charge in [0.25, 0.3) is 0 Å². The van der Waals surface area contributed by atoms with Gasteiger partial charge in [-0.2, -0.15) is 0 Å². The van der Waals surface area contributed by atoms with Gasteiger partial charge in [-0.05, 0) is 288 Å². The summed E-state index contributed by atoms with van der Waals surface area (Å²) in [4.78, 5) is 0. The summed E-state index contributed by atoms with van der Waals surface area (Å²) in [6.45, 7) is 90.2. The second-order valence-corrected chi connectivity index (χ2v) is 47.5. The van der Waals surface area contributed by atoms with E-state index in [-0.39, 0.29) is 81.3 Å². The van der Waals surface area contributed by atoms with Crippen LogP contribution in [0.5, 0.6) is 0 Å². The smallest absolute Gasteiger partial charge is 0.0601 e. The Morgan fingerprint density at radius 3 is 0.952 bits per heavy atom. The minimum Gasteiger partial charge on any atom is -0.393 e. The van der Waals surface area contributed by atoms with Gasteiger partial charge in [0.05, 0.1) is 48.8 Å². The van der Waals surface area contributed by atoms with Crippen molar-refractivity contribution in [2.75, 3.05) is 0 Å². The summed E-state index contributed by atoms with van der Waals surface area (Å²) in [5.41, 5.74) is 2.18. The summed E-state index contributed by atoms with van der Waals surface area (Å²) in [6.07, 6.45) is 17.7. The van der Waals surface area contributed by atoms with Crippen molar-refractivity contribution in [1.29, 1.82) is 0 Å². The van der Waals surface area contributed by atoms with Gasteiger partial charge in [0.15, 0.2) is 0 Å². The molecule has 0 bridgehead atoms. The zero-order valence-electron chi connectivity index (χ0n) is 77.4. The standard InChI is InChI=1S/8C12H24O/c1-8-6-10(12(3,4)5)11(13)7-9(8)2;1-8-6-10(12(3,4)5)9(2)11(13)7-8;1-8-6-9(2)11(10(13)7-8)12(3,4)5;1-8-6-9(2)11(13)10(7-8)12(3,4)5;1-8-6-7-10(13)9(2)11(8)12(3,4)5;1-8-6-7-10(13)11(9(8)2)12(3,4)5;1-8-6-7-10(12(3,4)5)11(13)9(8)2;1-8-6-7-9(2)11(13)10(8)12(3,4)5/h8*8-11,13H,6-7H2,1-5H3. The van der Waals surface area contributed by atoms with E-state index in [2.05, 4.69) is 277 Å². The molecule has 8 rings (SSSR count). The Morgan fingerprint density at radius 2 is 0.529 bits per heavy atom. The molecule has 0 saturated heterocycles. The molecule has 8 fully saturated rings. The Hall–Kier alpha value is -0.320. The molecule has 32 atom stereocenters. The zero-order valence-corrected chi connectivity index (χ0v) is 77.4. The fourth-order valence-corrected chi connectivity index (χ4v) is 22.9. The molecule has 8 N–H and O–H groups in total. The van der Waals surface area contributed by atoms with Crippen LogP contribution in [-0.4, -0.2) is 89.7 Å². The maximum Gasteiger partial charge on any atom is 0.0601 e. The Bertz CT molecular complexity index is 2150. The first-order chi connectivity index (χ1) is 46.6. The monoisotopic (exact) mass is 1470 g/mol. The molecule has 624 valence electrons. The highest BCUT2D eigenvalue weighted by Gasteiger charge is 2.47. The third-order valence-electron chi connectivity index (χ3n) is 29.5. The van der Waals surface area contributed by atoms with E-state index in [1.165, 1.54) is 70.6 Å². The molecule has 8 nitrogen and oxygen atoms in total. The lowest BCUT2D eigenvalue weighted by atomic mass is 9.61. The zero-order chi connectivity index (χ0) is 81.8. The maximum atomic E-state index is 10.1. The van der Waals surface area contributed by atoms with E-state index >= 15 is 0 Å². The molecule has 0 aromatic rings. The van der Waals surface area contributed by atoms with E-state index in [0.29, 0.717) is 129 Å². The second kappa shape index (κ2) is 41.6. The molecule has 104 heavy (non-hydrogen) atoms. The van der Waals surface area contributed by atoms with E-state index in [1.807, 2.05) is 0 Å². The molecule has 0 amide bonds. The van der Waals surface area contributed by atoms with Gasteiger partial charge in [-0.3, -0.25) is 0 Å². The number of aliphatic hydroxyl groups excluding tert-OH is 8. The van der Waals surface area contributed by atoms with Gasteiger partial charge in [0, 0.05) is 0 Å². The van der Waals surface area contributed by atoms with E-state index in [4.69, 9.17) is 0 Å². The number of rotatable bonds is 0. The first kappa shape index (κ1) is 102. The second-order valence-electron chi connectivity index (χ2n) is 47.5. The number of hydrogen-bond acceptors (Lipinski definition) is 8. The van der Waals surface area contributed by atoms with Crippen LogP contribution < -0.4 is 0 Å². The first-order valence-corrected chi connectivity index (χ1v) is 44.1. The average Bonchev–Trinajstić information content (AvgIpc) is 0.532. The summed E-state index contributed by atoms with van der Waals surface area (Å²) in [5.74, 6) is 14.4. The quantitative estimate of drug-likeness (QED) is 0.119. The number of aliphatic hydroxyl groups is 8. The van der Waals surface area contributed by atoms with Crippen molar-refractivity contribution in [3.05, 3.63) is 0 Å². The topological polar surface area (TPSA) is 162 Å². The van der Waals surface area contributed by atoms with Crippen LogP contribution in [0.25, 0.3) is 0 Å². The van der Waals surface area contributed by atoms with E-state index < -0.39 is 0 Å². The first-order valence-electron chi connectivity index (χ1n) is 44.1. The summed E-state index contributed by atoms with van der Waals surface area (Å²) in [6, 6.07) is 0. The highest BCUT2D eigenvalue weighted by molar-refractivity contribution is 4.96. The third-order valence-corrected chi connectivity index (χ3v) is 29.5. The fourth-order valence-electron chi connectivity index (χ4n) is 22.9. The maximum absolute atomic E-state index is 10.1. The predicted octanol–water partition coefficient (Wildman–Crippen LogP) is 24.6. The van der Waals surface area contributed by atoms with Crippen molar-refractivity contribution in [3.63, 3.8) is 0 Å². The average molecular weight is 1470 g/mol. The van der Waals surface area contributed by atoms with Gasteiger partial charge in [-0.15, -0.1) is 0 Å². The summed E-state index contributed by atoms with van der Waals surface area (Å²) in [5, 5.41) is 80.1. The van der Waals surface area contributed by atoms with Crippen molar-refractivity contribution in [2.24, 2.45) is 185 Å². The Morgan fingerprint density at radius 1 is 0.173 bits per heavy atom. The molecular formula is C96H192O8. The number of hydrogen-bond donors (Lipinski definition) is 8. The van der Waals surface area contributed by atoms with Crippen LogP contribution in [0.2, 0.25) is 0 Å². The van der Waals surface area contributed by atoms with Crippen LogP contribution in [0.3, 0.4) is 0 Å². The Balaban J connectivity index is 0.000000594. The minimum atomic E-state index is -0.0938. The largest absolute Gasteiger partial charge is 0.393 e. The summed E-state index contributed by atoms with van der Waals surface area (Å²) < 4.78 is 0. The minimum absolute atomic E-state index is 0.0691. The summed E-state index contributed by atoms with van der Waals surface area (Å²) in [7, 11) is 0. The van der Waals surface area contributed by atoms with Gasteiger partial charge in [-0.25, -0.2) is 0 Å². The Labute approximate surface area is 651 Å². The van der Waals surface area contributed by atoms with Crippen molar-refractivity contribution in [1.82, 2.24) is 0 Å². The molecule has 8 aliphatic rings. The van der Waals surface area contributed by atoms with E-state index in [0.717, 1.165) is 55.8 Å². The van der Waals surface area contributed by atoms with E-state index in [1.54, 1.807) is 0 Å². The molecule has 0 aliphatic heterocycles. The molecule has 8 saturated carbocycles. The van der Waals surface area contributed by atoms with Gasteiger partial charge >= 0.3 is 0 Å². The lowest BCUT2D eigenvalue weighted by Gasteiger charge is -2.45. The fraction of sp³-hybridized carbons (Fsp3) is 1.00. The predicted molar refractivity (Wildman–Crippen MR) is 452 cm³/mol. The van der Waals surface area contributed by atoms with Crippen molar-refractivity contribution in [2.45, 2.75) is 429 Å². The molecule has 0 spiro atoms. The lowest BCUT2D eigenvalue weighted by Crippen LogP contribution is -2.43. The van der Waals surface area contributed by atoms with E-state index in [9.17, 15) is 40.9 Å². The van der Waals surface area contributed by atoms with Crippen LogP contribution in [0.15, 0.2) is 0 Å². The van der Waals surface area contributed by atoms with Crippen LogP contribution in [0, 0.1) is 185 Å². The molecule has 32 unspecified atom stereocenters. The van der Waals surface area contributed by atoms with Gasteiger partial charge in [0.1, 0.15) is 0 Å². The third kappa shape index (κ3) is 31.9. The molecule has 0 radical (unpaired) electrons. The van der Waals surface area contributed by atoms with Gasteiger partial charge in [-0.1, -0.05) is 277 Å². The van der Waals surface area contributed by atoms with Crippen LogP contribution in [0.1, 0.15) is 380 Å². The summed E-state index contributed by atoms with van der Waals surface area (Å²) >= 11 is 0. The van der Waals surface area contributed by atoms with Crippen LogP contribution >= 0.6 is 0 Å². The van der Waals surface area contributed by atoms with Gasteiger partial charge < -0.3 is 40.9 Å². The Kier molecular flexibility index (Phi) is 40.7. The van der Waals surface area contributed by atoms with Crippen LogP contribution in [-0.2, 0) is 0 Å². The van der Waals surface area contributed by atoms with Crippen LogP contribution in [0.4, 0.5) is 0 Å². The van der Waals surface area contributed by atoms with Crippen molar-refractivity contribution >= 4 is 0 Å². The molecule has 0 aromatic carbocycles. The molecule has 0 aromatic heterocycles. The molecular weight excluding hydrogens is 1280 g/mol. The highest BCUT2D eigenvalue weighted by Crippen LogP contribution is 2.51. The normalized spacial score (nSPS) is 42.0. The molecule has 0 heterocycles. The van der Waals surface area contributed by atoms with Crippen molar-refractivity contribution in [3.8, 4) is 0 Å². The van der Waals surface area contributed by atoms with Gasteiger partial charge in [0.2, 0.25) is 0 Å². The molecule has 8 aliphatic carbocycles. The highest BCUT2D eigenvalue weighted by atomic mass is 16.3.